The lowest BCUT2D eigenvalue weighted by Crippen LogP contribution is -2.66. The summed E-state index contributed by atoms with van der Waals surface area (Å²) >= 11 is 1.46. The summed E-state index contributed by atoms with van der Waals surface area (Å²) in [5.74, 6) is -2.21. The fraction of sp³-hybridized carbons (Fsp3) is 0.739. The van der Waals surface area contributed by atoms with Crippen LogP contribution in [0, 0.1) is 17.8 Å². The lowest BCUT2D eigenvalue weighted by Gasteiger charge is -2.47. The van der Waals surface area contributed by atoms with Gasteiger partial charge in [-0.15, -0.1) is 11.8 Å². The number of carbonyl (C=O) groups is 4. The second-order valence-corrected chi connectivity index (χ2v) is 11.6. The van der Waals surface area contributed by atoms with Crippen molar-refractivity contribution in [1.29, 1.82) is 0 Å². The van der Waals surface area contributed by atoms with E-state index in [9.17, 15) is 24.3 Å². The zero-order chi connectivity index (χ0) is 24.9. The minimum absolute atomic E-state index is 0.00172. The highest BCUT2D eigenvalue weighted by atomic mass is 32.2. The molecule has 188 valence electrons. The molecule has 5 N–H and O–H groups in total. The van der Waals surface area contributed by atoms with E-state index in [1.165, 1.54) is 16.7 Å². The van der Waals surface area contributed by atoms with Crippen LogP contribution in [0.15, 0.2) is 10.6 Å². The molecule has 3 amide bonds. The number of rotatable bonds is 7. The minimum Gasteiger partial charge on any atom is -0.477 e. The number of nitrogens with two attached hydrogens (primary N) is 1. The second kappa shape index (κ2) is 9.50. The number of carboxylic acid groups (broad SMARTS) is 1. The number of hydrogen-bond donors (Lipinski definition) is 4. The number of aliphatic carboxylic acids is 1. The van der Waals surface area contributed by atoms with Crippen molar-refractivity contribution in [1.82, 2.24) is 20.4 Å². The molecule has 4 aliphatic rings. The highest BCUT2D eigenvalue weighted by molar-refractivity contribution is 8.03. The monoisotopic (exact) mass is 493 g/mol. The van der Waals surface area contributed by atoms with Crippen LogP contribution in [0.5, 0.6) is 0 Å². The zero-order valence-electron chi connectivity index (χ0n) is 20.1. The van der Waals surface area contributed by atoms with Gasteiger partial charge in [-0.1, -0.05) is 6.92 Å². The maximum absolute atomic E-state index is 13.1. The van der Waals surface area contributed by atoms with E-state index in [1.54, 1.807) is 19.0 Å². The van der Waals surface area contributed by atoms with E-state index in [1.807, 2.05) is 13.8 Å². The maximum Gasteiger partial charge on any atom is 0.353 e. The van der Waals surface area contributed by atoms with E-state index in [4.69, 9.17) is 5.73 Å². The standard InChI is InChI=1S/C23H35N5O5S/c1-10-17-16(11(2)26-20(29)12-5-6-13(24)7-12)22(31)28(17)18(23(32)33)19(10)34-14-8-15(25-9-14)21(30)27(3)4/h10-17,25H,5-9,24H2,1-4H3,(H,26,29)(H,32,33)/t10-,11-,12+,13?,14?,15?,16-,17-/m1/s1. The molecule has 0 bridgehead atoms. The van der Waals surface area contributed by atoms with Crippen LogP contribution in [0.25, 0.3) is 0 Å². The summed E-state index contributed by atoms with van der Waals surface area (Å²) in [6, 6.07) is -0.935. The van der Waals surface area contributed by atoms with Crippen molar-refractivity contribution in [3.8, 4) is 0 Å². The Morgan fingerprint density at radius 2 is 1.97 bits per heavy atom. The lowest BCUT2D eigenvalue weighted by atomic mass is 9.78. The first-order valence-electron chi connectivity index (χ1n) is 12.0. The van der Waals surface area contributed by atoms with E-state index in [-0.39, 0.29) is 58.6 Å². The highest BCUT2D eigenvalue weighted by Gasteiger charge is 2.60. The molecule has 0 radical (unpaired) electrons. The number of hydrogen-bond acceptors (Lipinski definition) is 7. The van der Waals surface area contributed by atoms with Crippen molar-refractivity contribution < 1.29 is 24.3 Å². The Morgan fingerprint density at radius 3 is 2.56 bits per heavy atom. The van der Waals surface area contributed by atoms with Crippen molar-refractivity contribution in [2.45, 2.75) is 68.9 Å². The van der Waals surface area contributed by atoms with Crippen molar-refractivity contribution in [3.05, 3.63) is 10.6 Å². The summed E-state index contributed by atoms with van der Waals surface area (Å²) in [7, 11) is 3.43. The van der Waals surface area contributed by atoms with Crippen LogP contribution < -0.4 is 16.4 Å². The summed E-state index contributed by atoms with van der Waals surface area (Å²) < 4.78 is 0. The third kappa shape index (κ3) is 4.33. The van der Waals surface area contributed by atoms with Crippen LogP contribution in [0.1, 0.15) is 39.5 Å². The molecule has 0 aromatic heterocycles. The Labute approximate surface area is 204 Å². The molecule has 3 heterocycles. The van der Waals surface area contributed by atoms with Crippen LogP contribution >= 0.6 is 11.8 Å². The summed E-state index contributed by atoms with van der Waals surface area (Å²) in [4.78, 5) is 53.9. The van der Waals surface area contributed by atoms with Crippen LogP contribution in [0.3, 0.4) is 0 Å². The van der Waals surface area contributed by atoms with Gasteiger partial charge in [-0.05, 0) is 32.6 Å². The molecule has 3 aliphatic heterocycles. The van der Waals surface area contributed by atoms with Crippen molar-refractivity contribution in [2.24, 2.45) is 23.5 Å². The number of likely N-dealkylation sites (N-methyl/N-ethyl adjacent to an activating group) is 1. The van der Waals surface area contributed by atoms with Gasteiger partial charge in [0, 0.05) is 54.7 Å². The third-order valence-electron chi connectivity index (χ3n) is 7.67. The van der Waals surface area contributed by atoms with Gasteiger partial charge in [-0.25, -0.2) is 4.79 Å². The Morgan fingerprint density at radius 1 is 1.26 bits per heavy atom. The normalized spacial score (nSPS) is 35.7. The lowest BCUT2D eigenvalue weighted by molar-refractivity contribution is -0.158. The Balaban J connectivity index is 1.44. The smallest absolute Gasteiger partial charge is 0.353 e. The third-order valence-corrected chi connectivity index (χ3v) is 9.18. The molecule has 34 heavy (non-hydrogen) atoms. The van der Waals surface area contributed by atoms with Gasteiger partial charge in [0.1, 0.15) is 5.70 Å². The predicted molar refractivity (Wildman–Crippen MR) is 127 cm³/mol. The number of amides is 3. The summed E-state index contributed by atoms with van der Waals surface area (Å²) in [5.41, 5.74) is 5.98. The average Bonchev–Trinajstić information content (AvgIpc) is 3.46. The van der Waals surface area contributed by atoms with E-state index in [0.29, 0.717) is 24.3 Å². The molecule has 3 fully saturated rings. The quantitative estimate of drug-likeness (QED) is 0.361. The minimum atomic E-state index is -1.12. The summed E-state index contributed by atoms with van der Waals surface area (Å²) in [5, 5.41) is 16.2. The van der Waals surface area contributed by atoms with E-state index in [2.05, 4.69) is 10.6 Å². The van der Waals surface area contributed by atoms with Crippen molar-refractivity contribution in [3.63, 3.8) is 0 Å². The number of carbonyl (C=O) groups excluding carboxylic acids is 3. The first kappa shape index (κ1) is 25.0. The van der Waals surface area contributed by atoms with Crippen molar-refractivity contribution >= 4 is 35.5 Å². The van der Waals surface area contributed by atoms with Crippen LogP contribution in [-0.4, -0.2) is 88.7 Å². The molecule has 8 atom stereocenters. The molecule has 1 aliphatic carbocycles. The summed E-state index contributed by atoms with van der Waals surface area (Å²) in [6.07, 6.45) is 2.83. The fourth-order valence-electron chi connectivity index (χ4n) is 5.86. The van der Waals surface area contributed by atoms with Crippen molar-refractivity contribution in [2.75, 3.05) is 20.6 Å². The molecule has 3 unspecified atom stereocenters. The number of β-lactam (4-membered cyclic amide) rings is 1. The molecule has 0 aromatic rings. The van der Waals surface area contributed by atoms with Gasteiger partial charge in [-0.2, -0.15) is 0 Å². The molecular formula is C23H35N5O5S. The molecule has 0 spiro atoms. The average molecular weight is 494 g/mol. The molecular weight excluding hydrogens is 458 g/mol. The largest absolute Gasteiger partial charge is 0.477 e. The number of thioether (sulfide) groups is 1. The number of fused-ring (bicyclic) bond motifs is 1. The first-order valence-corrected chi connectivity index (χ1v) is 12.9. The van der Waals surface area contributed by atoms with E-state index in [0.717, 1.165) is 12.8 Å². The van der Waals surface area contributed by atoms with Gasteiger partial charge in [0.15, 0.2) is 0 Å². The van der Waals surface area contributed by atoms with Gasteiger partial charge in [-0.3, -0.25) is 14.4 Å². The van der Waals surface area contributed by atoms with Crippen LogP contribution in [0.2, 0.25) is 0 Å². The molecule has 10 nitrogen and oxygen atoms in total. The van der Waals surface area contributed by atoms with Gasteiger partial charge < -0.3 is 31.3 Å². The Bertz CT molecular complexity index is 923. The number of nitrogens with zero attached hydrogens (tertiary/aromatic N) is 2. The molecule has 1 saturated carbocycles. The van der Waals surface area contributed by atoms with Crippen LogP contribution in [-0.2, 0) is 19.2 Å². The second-order valence-electron chi connectivity index (χ2n) is 10.3. The SMILES string of the molecule is C[C@@H](NC(=O)[C@H]1CCC(N)C1)[C@H]1C(=O)N2C(C(=O)O)=C(SC3CNC(C(=O)N(C)C)C3)[C@H](C)[C@H]12. The van der Waals surface area contributed by atoms with Gasteiger partial charge in [0.05, 0.1) is 18.0 Å². The van der Waals surface area contributed by atoms with E-state index >= 15 is 0 Å². The van der Waals surface area contributed by atoms with Gasteiger partial charge >= 0.3 is 5.97 Å². The number of nitrogens with one attached hydrogen (secondary N) is 2. The molecule has 11 heteroatoms. The molecule has 4 rings (SSSR count). The Kier molecular flexibility index (Phi) is 6.99. The Hall–Kier alpha value is -2.11. The topological polar surface area (TPSA) is 145 Å². The van der Waals surface area contributed by atoms with Crippen LogP contribution in [0.4, 0.5) is 0 Å². The number of carboxylic acids is 1. The summed E-state index contributed by atoms with van der Waals surface area (Å²) in [6.45, 7) is 4.37. The maximum atomic E-state index is 13.1. The zero-order valence-corrected chi connectivity index (χ0v) is 20.9. The predicted octanol–water partition coefficient (Wildman–Crippen LogP) is -0.0567. The highest BCUT2D eigenvalue weighted by Crippen LogP contribution is 2.52. The fourth-order valence-corrected chi connectivity index (χ4v) is 7.33. The van der Waals surface area contributed by atoms with Gasteiger partial charge in [0.25, 0.3) is 0 Å². The van der Waals surface area contributed by atoms with E-state index < -0.39 is 17.9 Å². The molecule has 0 aromatic carbocycles. The first-order chi connectivity index (χ1) is 16.0. The molecule has 2 saturated heterocycles. The van der Waals surface area contributed by atoms with Gasteiger partial charge in [0.2, 0.25) is 17.7 Å².